The molecule has 1 atom stereocenters. The molecule has 0 aromatic heterocycles. The first kappa shape index (κ1) is 20.9. The van der Waals surface area contributed by atoms with Crippen LogP contribution in [0.1, 0.15) is 51.4 Å². The van der Waals surface area contributed by atoms with E-state index in [1.165, 1.54) is 0 Å². The first-order chi connectivity index (χ1) is 13.1. The summed E-state index contributed by atoms with van der Waals surface area (Å²) < 4.78 is 0. The van der Waals surface area contributed by atoms with E-state index in [4.69, 9.17) is 5.21 Å². The van der Waals surface area contributed by atoms with E-state index in [-0.39, 0.29) is 23.8 Å². The number of nitrogens with one attached hydrogen (secondary N) is 4. The third-order valence-electron chi connectivity index (χ3n) is 4.50. The maximum absolute atomic E-state index is 12.0. The highest BCUT2D eigenvalue weighted by atomic mass is 16.5. The van der Waals surface area contributed by atoms with Crippen molar-refractivity contribution in [2.24, 2.45) is 0 Å². The van der Waals surface area contributed by atoms with Gasteiger partial charge in [-0.15, -0.1) is 0 Å². The molecule has 0 aliphatic carbocycles. The highest BCUT2D eigenvalue weighted by molar-refractivity contribution is 5.95. The second-order valence-electron chi connectivity index (χ2n) is 6.71. The minimum absolute atomic E-state index is 0.0271. The molecule has 27 heavy (non-hydrogen) atoms. The second-order valence-corrected chi connectivity index (χ2v) is 6.71. The average Bonchev–Trinajstić information content (AvgIpc) is 3.21. The van der Waals surface area contributed by atoms with E-state index in [1.807, 2.05) is 0 Å². The van der Waals surface area contributed by atoms with Gasteiger partial charge in [-0.3, -0.25) is 19.6 Å². The van der Waals surface area contributed by atoms with Crippen LogP contribution in [0.2, 0.25) is 0 Å². The van der Waals surface area contributed by atoms with Gasteiger partial charge in [-0.25, -0.2) is 5.48 Å². The number of amides is 3. The van der Waals surface area contributed by atoms with Crippen LogP contribution in [0.15, 0.2) is 24.3 Å². The summed E-state index contributed by atoms with van der Waals surface area (Å²) in [6.07, 6.45) is 5.71. The van der Waals surface area contributed by atoms with Gasteiger partial charge in [0.1, 0.15) is 0 Å². The zero-order chi connectivity index (χ0) is 19.5. The van der Waals surface area contributed by atoms with Gasteiger partial charge in [-0.2, -0.15) is 0 Å². The Morgan fingerprint density at radius 1 is 0.926 bits per heavy atom. The standard InChI is InChI=1S/C19H28N4O4/c24-17(7-3-1-2-4-8-18(25)23-27)21-14-9-11-15(12-10-14)22-19(26)16-6-5-13-20-16/h9-12,16,20,27H,1-8,13H2,(H,21,24)(H,22,26)(H,23,25)/t16-/m1/s1. The van der Waals surface area contributed by atoms with E-state index >= 15 is 0 Å². The summed E-state index contributed by atoms with van der Waals surface area (Å²) in [5, 5.41) is 17.2. The zero-order valence-electron chi connectivity index (χ0n) is 15.4. The molecule has 0 radical (unpaired) electrons. The van der Waals surface area contributed by atoms with E-state index in [0.29, 0.717) is 30.6 Å². The van der Waals surface area contributed by atoms with Crippen molar-refractivity contribution in [2.75, 3.05) is 17.2 Å². The molecule has 1 aromatic rings. The predicted octanol–water partition coefficient (Wildman–Crippen LogP) is 2.16. The molecule has 8 nitrogen and oxygen atoms in total. The van der Waals surface area contributed by atoms with Gasteiger partial charge >= 0.3 is 0 Å². The third-order valence-corrected chi connectivity index (χ3v) is 4.50. The number of carbonyl (C=O) groups is 3. The van der Waals surface area contributed by atoms with E-state index in [1.54, 1.807) is 29.7 Å². The molecule has 1 saturated heterocycles. The normalized spacial score (nSPS) is 16.0. The Kier molecular flexibility index (Phi) is 8.73. The summed E-state index contributed by atoms with van der Waals surface area (Å²) in [4.78, 5) is 34.9. The Balaban J connectivity index is 1.62. The lowest BCUT2D eigenvalue weighted by Gasteiger charge is -2.11. The van der Waals surface area contributed by atoms with Crippen molar-refractivity contribution in [3.05, 3.63) is 24.3 Å². The number of carbonyl (C=O) groups excluding carboxylic acids is 3. The highest BCUT2D eigenvalue weighted by Gasteiger charge is 2.21. The molecule has 5 N–H and O–H groups in total. The lowest BCUT2D eigenvalue weighted by atomic mass is 10.1. The summed E-state index contributed by atoms with van der Waals surface area (Å²) in [7, 11) is 0. The molecule has 0 spiro atoms. The number of hydroxylamine groups is 1. The van der Waals surface area contributed by atoms with Crippen LogP contribution >= 0.6 is 0 Å². The quantitative estimate of drug-likeness (QED) is 0.243. The van der Waals surface area contributed by atoms with Crippen molar-refractivity contribution in [1.29, 1.82) is 0 Å². The van der Waals surface area contributed by atoms with Crippen LogP contribution < -0.4 is 21.4 Å². The number of rotatable bonds is 10. The Bertz CT molecular complexity index is 627. The first-order valence-corrected chi connectivity index (χ1v) is 9.45. The van der Waals surface area contributed by atoms with Gasteiger partial charge < -0.3 is 16.0 Å². The zero-order valence-corrected chi connectivity index (χ0v) is 15.4. The molecular weight excluding hydrogens is 348 g/mol. The minimum Gasteiger partial charge on any atom is -0.326 e. The molecule has 1 heterocycles. The molecule has 1 aromatic carbocycles. The topological polar surface area (TPSA) is 120 Å². The number of hydrogen-bond acceptors (Lipinski definition) is 5. The van der Waals surface area contributed by atoms with E-state index in [0.717, 1.165) is 38.6 Å². The summed E-state index contributed by atoms with van der Waals surface area (Å²) in [5.41, 5.74) is 3.00. The molecular formula is C19H28N4O4. The van der Waals surface area contributed by atoms with Crippen LogP contribution in [0.4, 0.5) is 11.4 Å². The summed E-state index contributed by atoms with van der Waals surface area (Å²) in [5.74, 6) is -0.470. The van der Waals surface area contributed by atoms with Crippen LogP contribution in [-0.4, -0.2) is 35.5 Å². The van der Waals surface area contributed by atoms with Crippen LogP contribution in [-0.2, 0) is 14.4 Å². The Hall–Kier alpha value is -2.45. The van der Waals surface area contributed by atoms with Gasteiger partial charge in [-0.1, -0.05) is 12.8 Å². The second kappa shape index (κ2) is 11.3. The van der Waals surface area contributed by atoms with E-state index in [9.17, 15) is 14.4 Å². The molecule has 8 heteroatoms. The van der Waals surface area contributed by atoms with E-state index < -0.39 is 0 Å². The van der Waals surface area contributed by atoms with Crippen LogP contribution in [0, 0.1) is 0 Å². The fourth-order valence-electron chi connectivity index (χ4n) is 2.98. The number of unbranched alkanes of at least 4 members (excludes halogenated alkanes) is 3. The van der Waals surface area contributed by atoms with Crippen molar-refractivity contribution < 1.29 is 19.6 Å². The summed E-state index contributed by atoms with van der Waals surface area (Å²) in [6, 6.07) is 6.96. The monoisotopic (exact) mass is 376 g/mol. The van der Waals surface area contributed by atoms with Crippen molar-refractivity contribution in [2.45, 2.75) is 57.4 Å². The Morgan fingerprint density at radius 2 is 1.52 bits per heavy atom. The molecule has 1 aliphatic heterocycles. The number of benzene rings is 1. The number of hydrogen-bond donors (Lipinski definition) is 5. The SMILES string of the molecule is O=C(CCCCCCC(=O)Nc1ccc(NC(=O)[C@H]2CCCN2)cc1)NO. The molecule has 0 saturated carbocycles. The van der Waals surface area contributed by atoms with Crippen LogP contribution in [0.25, 0.3) is 0 Å². The van der Waals surface area contributed by atoms with Gasteiger partial charge in [0.05, 0.1) is 6.04 Å². The number of anilines is 2. The average molecular weight is 376 g/mol. The lowest BCUT2D eigenvalue weighted by Crippen LogP contribution is -2.35. The van der Waals surface area contributed by atoms with Crippen molar-refractivity contribution in [3.8, 4) is 0 Å². The third kappa shape index (κ3) is 7.76. The largest absolute Gasteiger partial charge is 0.326 e. The van der Waals surface area contributed by atoms with Gasteiger partial charge in [0.15, 0.2) is 0 Å². The molecule has 0 bridgehead atoms. The Labute approximate surface area is 159 Å². The maximum Gasteiger partial charge on any atom is 0.243 e. The summed E-state index contributed by atoms with van der Waals surface area (Å²) >= 11 is 0. The minimum atomic E-state index is -0.383. The molecule has 2 rings (SSSR count). The van der Waals surface area contributed by atoms with Gasteiger partial charge in [-0.05, 0) is 56.5 Å². The fraction of sp³-hybridized carbons (Fsp3) is 0.526. The first-order valence-electron chi connectivity index (χ1n) is 9.45. The molecule has 0 unspecified atom stereocenters. The van der Waals surface area contributed by atoms with Crippen molar-refractivity contribution in [3.63, 3.8) is 0 Å². The summed E-state index contributed by atoms with van der Waals surface area (Å²) in [6.45, 7) is 0.876. The predicted molar refractivity (Wildman–Crippen MR) is 102 cm³/mol. The van der Waals surface area contributed by atoms with Gasteiger partial charge in [0.2, 0.25) is 17.7 Å². The maximum atomic E-state index is 12.0. The van der Waals surface area contributed by atoms with Crippen molar-refractivity contribution in [1.82, 2.24) is 10.8 Å². The molecule has 1 fully saturated rings. The highest BCUT2D eigenvalue weighted by Crippen LogP contribution is 2.16. The van der Waals surface area contributed by atoms with Crippen LogP contribution in [0.3, 0.4) is 0 Å². The smallest absolute Gasteiger partial charge is 0.243 e. The van der Waals surface area contributed by atoms with Crippen LogP contribution in [0.5, 0.6) is 0 Å². The molecule has 1 aliphatic rings. The Morgan fingerprint density at radius 3 is 2.07 bits per heavy atom. The fourth-order valence-corrected chi connectivity index (χ4v) is 2.98. The lowest BCUT2D eigenvalue weighted by molar-refractivity contribution is -0.129. The molecule has 3 amide bonds. The van der Waals surface area contributed by atoms with Crippen molar-refractivity contribution >= 4 is 29.1 Å². The van der Waals surface area contributed by atoms with Gasteiger partial charge in [0, 0.05) is 24.2 Å². The van der Waals surface area contributed by atoms with E-state index in [2.05, 4.69) is 16.0 Å². The molecule has 148 valence electrons. The van der Waals surface area contributed by atoms with Gasteiger partial charge in [0.25, 0.3) is 0 Å².